The van der Waals surface area contributed by atoms with E-state index < -0.39 is 0 Å². The molecule has 3 nitrogen and oxygen atoms in total. The number of amides is 1. The number of fused-ring (bicyclic) bond motifs is 1. The van der Waals surface area contributed by atoms with Crippen molar-refractivity contribution in [3.63, 3.8) is 0 Å². The zero-order chi connectivity index (χ0) is 18.4. The molecular weight excluding hydrogens is 400 g/mol. The van der Waals surface area contributed by atoms with Gasteiger partial charge in [0, 0.05) is 29.2 Å². The molecule has 2 fully saturated rings. The van der Waals surface area contributed by atoms with Crippen molar-refractivity contribution in [3.05, 3.63) is 63.6 Å². The molecule has 0 spiro atoms. The molecule has 1 saturated carbocycles. The number of benzene rings is 2. The Morgan fingerprint density at radius 1 is 1.07 bits per heavy atom. The zero-order valence-electron chi connectivity index (χ0n) is 15.5. The van der Waals surface area contributed by atoms with Crippen LogP contribution in [-0.2, 0) is 17.8 Å². The zero-order valence-corrected chi connectivity index (χ0v) is 17.1. The van der Waals surface area contributed by atoms with Crippen molar-refractivity contribution in [3.8, 4) is 0 Å². The average molecular weight is 425 g/mol. The van der Waals surface area contributed by atoms with Gasteiger partial charge in [-0.05, 0) is 79.6 Å². The summed E-state index contributed by atoms with van der Waals surface area (Å²) >= 11 is 3.55. The van der Waals surface area contributed by atoms with Crippen LogP contribution in [0.5, 0.6) is 0 Å². The highest BCUT2D eigenvalue weighted by atomic mass is 79.9. The molecule has 2 aromatic carbocycles. The van der Waals surface area contributed by atoms with Crippen LogP contribution in [0.4, 0.5) is 5.69 Å². The Morgan fingerprint density at radius 2 is 1.89 bits per heavy atom. The third-order valence-corrected chi connectivity index (χ3v) is 6.86. The third kappa shape index (κ3) is 3.34. The second-order valence-corrected chi connectivity index (χ2v) is 9.06. The maximum absolute atomic E-state index is 13.2. The number of likely N-dealkylation sites (tertiary alicyclic amines) is 1. The number of halogens is 1. The van der Waals surface area contributed by atoms with E-state index in [-0.39, 0.29) is 5.92 Å². The maximum Gasteiger partial charge on any atom is 0.230 e. The largest absolute Gasteiger partial charge is 0.312 e. The fourth-order valence-corrected chi connectivity index (χ4v) is 5.26. The van der Waals surface area contributed by atoms with Gasteiger partial charge in [-0.15, -0.1) is 0 Å². The summed E-state index contributed by atoms with van der Waals surface area (Å²) < 4.78 is 1.09. The van der Waals surface area contributed by atoms with Crippen LogP contribution < -0.4 is 4.90 Å². The molecule has 27 heavy (non-hydrogen) atoms. The van der Waals surface area contributed by atoms with Crippen molar-refractivity contribution < 1.29 is 4.79 Å². The first-order chi connectivity index (χ1) is 13.2. The molecule has 0 N–H and O–H groups in total. The van der Waals surface area contributed by atoms with Crippen LogP contribution in [0, 0.1) is 5.92 Å². The summed E-state index contributed by atoms with van der Waals surface area (Å²) in [4.78, 5) is 17.8. The molecule has 5 rings (SSSR count). The monoisotopic (exact) mass is 424 g/mol. The number of carbonyl (C=O) groups is 1. The third-order valence-electron chi connectivity index (χ3n) is 6.37. The summed E-state index contributed by atoms with van der Waals surface area (Å²) in [7, 11) is 0. The molecule has 0 bridgehead atoms. The Bertz CT molecular complexity index is 874. The number of anilines is 1. The summed E-state index contributed by atoms with van der Waals surface area (Å²) in [6, 6.07) is 14.9. The minimum atomic E-state index is 0.146. The molecule has 0 unspecified atom stereocenters. The van der Waals surface area contributed by atoms with E-state index in [1.54, 1.807) is 0 Å². The lowest BCUT2D eigenvalue weighted by Crippen LogP contribution is -2.30. The molecule has 2 heterocycles. The Kier molecular flexibility index (Phi) is 4.57. The summed E-state index contributed by atoms with van der Waals surface area (Å²) in [5, 5.41) is 0. The van der Waals surface area contributed by atoms with Crippen molar-refractivity contribution in [1.29, 1.82) is 0 Å². The highest BCUT2D eigenvalue weighted by Gasteiger charge is 2.47. The van der Waals surface area contributed by atoms with Crippen molar-refractivity contribution in [2.24, 2.45) is 5.92 Å². The van der Waals surface area contributed by atoms with Crippen molar-refractivity contribution >= 4 is 27.5 Å². The summed E-state index contributed by atoms with van der Waals surface area (Å²) in [6.07, 6.45) is 4.62. The van der Waals surface area contributed by atoms with Gasteiger partial charge in [0.05, 0.1) is 0 Å². The molecule has 140 valence electrons. The highest BCUT2D eigenvalue weighted by molar-refractivity contribution is 9.10. The lowest BCUT2D eigenvalue weighted by molar-refractivity contribution is -0.119. The minimum Gasteiger partial charge on any atom is -0.312 e. The van der Waals surface area contributed by atoms with Crippen LogP contribution in [-0.4, -0.2) is 30.4 Å². The number of hydrogen-bond acceptors (Lipinski definition) is 2. The molecule has 3 aliphatic rings. The van der Waals surface area contributed by atoms with Gasteiger partial charge in [-0.2, -0.15) is 0 Å². The number of nitrogens with zero attached hydrogens (tertiary/aromatic N) is 2. The van der Waals surface area contributed by atoms with E-state index in [0.29, 0.717) is 11.8 Å². The van der Waals surface area contributed by atoms with Gasteiger partial charge in [-0.3, -0.25) is 9.69 Å². The van der Waals surface area contributed by atoms with Gasteiger partial charge < -0.3 is 4.90 Å². The normalized spacial score (nSPS) is 24.3. The van der Waals surface area contributed by atoms with E-state index in [9.17, 15) is 4.79 Å². The van der Waals surface area contributed by atoms with E-state index in [2.05, 4.69) is 62.1 Å². The van der Waals surface area contributed by atoms with Crippen LogP contribution >= 0.6 is 15.9 Å². The average Bonchev–Trinajstić information content (AvgIpc) is 3.08. The van der Waals surface area contributed by atoms with Crippen LogP contribution in [0.1, 0.15) is 41.9 Å². The second-order valence-electron chi connectivity index (χ2n) is 8.14. The van der Waals surface area contributed by atoms with E-state index in [4.69, 9.17) is 0 Å². The van der Waals surface area contributed by atoms with E-state index in [0.717, 1.165) is 36.1 Å². The van der Waals surface area contributed by atoms with Crippen LogP contribution in [0.2, 0.25) is 0 Å². The van der Waals surface area contributed by atoms with Crippen LogP contribution in [0.15, 0.2) is 46.9 Å². The van der Waals surface area contributed by atoms with Crippen LogP contribution in [0.25, 0.3) is 0 Å². The molecule has 1 aliphatic carbocycles. The lowest BCUT2D eigenvalue weighted by atomic mass is 10.0. The van der Waals surface area contributed by atoms with E-state index >= 15 is 0 Å². The Hall–Kier alpha value is -1.65. The fraction of sp³-hybridized carbons (Fsp3) is 0.435. The van der Waals surface area contributed by atoms with Gasteiger partial charge in [-0.25, -0.2) is 0 Å². The van der Waals surface area contributed by atoms with Gasteiger partial charge in [0.2, 0.25) is 5.91 Å². The minimum absolute atomic E-state index is 0.146. The van der Waals surface area contributed by atoms with Gasteiger partial charge in [0.1, 0.15) is 0 Å². The van der Waals surface area contributed by atoms with Gasteiger partial charge >= 0.3 is 0 Å². The first-order valence-electron chi connectivity index (χ1n) is 10.1. The predicted molar refractivity (Wildman–Crippen MR) is 112 cm³/mol. The Balaban J connectivity index is 1.33. The van der Waals surface area contributed by atoms with Crippen LogP contribution in [0.3, 0.4) is 0 Å². The molecule has 4 heteroatoms. The van der Waals surface area contributed by atoms with Crippen molar-refractivity contribution in [2.75, 3.05) is 24.5 Å². The SMILES string of the molecule is O=C([C@H]1C[C@H]1c1cccc(Br)c1)N1CCc2c(CN3CCCC3)cccc21. The molecular formula is C23H25BrN2O. The first kappa shape index (κ1) is 17.4. The Labute approximate surface area is 169 Å². The molecule has 2 atom stereocenters. The Morgan fingerprint density at radius 3 is 2.70 bits per heavy atom. The molecule has 1 amide bonds. The van der Waals surface area contributed by atoms with Crippen molar-refractivity contribution in [2.45, 2.75) is 38.1 Å². The second kappa shape index (κ2) is 7.06. The van der Waals surface area contributed by atoms with E-state index in [1.165, 1.54) is 42.6 Å². The first-order valence-corrected chi connectivity index (χ1v) is 10.9. The number of rotatable bonds is 4. The van der Waals surface area contributed by atoms with Crippen molar-refractivity contribution in [1.82, 2.24) is 4.90 Å². The lowest BCUT2D eigenvalue weighted by Gasteiger charge is -2.20. The smallest absolute Gasteiger partial charge is 0.230 e. The molecule has 0 radical (unpaired) electrons. The molecule has 0 aromatic heterocycles. The molecule has 1 saturated heterocycles. The summed E-state index contributed by atoms with van der Waals surface area (Å²) in [5.41, 5.74) is 5.27. The maximum atomic E-state index is 13.2. The van der Waals surface area contributed by atoms with Gasteiger partial charge in [0.25, 0.3) is 0 Å². The summed E-state index contributed by atoms with van der Waals surface area (Å²) in [6.45, 7) is 4.30. The van der Waals surface area contributed by atoms with E-state index in [1.807, 2.05) is 6.07 Å². The number of hydrogen-bond donors (Lipinski definition) is 0. The van der Waals surface area contributed by atoms with Gasteiger partial charge in [0.15, 0.2) is 0 Å². The predicted octanol–water partition coefficient (Wildman–Crippen LogP) is 4.74. The highest BCUT2D eigenvalue weighted by Crippen LogP contribution is 2.50. The fourth-order valence-electron chi connectivity index (χ4n) is 4.84. The van der Waals surface area contributed by atoms with Gasteiger partial charge in [-0.1, -0.05) is 40.2 Å². The topological polar surface area (TPSA) is 23.6 Å². The number of carbonyl (C=O) groups excluding carboxylic acids is 1. The molecule has 2 aliphatic heterocycles. The summed E-state index contributed by atoms with van der Waals surface area (Å²) in [5.74, 6) is 0.844. The quantitative estimate of drug-likeness (QED) is 0.707. The standard InChI is InChI=1S/C23H25BrN2O/c24-18-7-3-5-16(13-18)20-14-21(20)23(27)26-12-9-19-17(6-4-8-22(19)26)15-25-10-1-2-11-25/h3-8,13,20-21H,1-2,9-12,14-15H2/t20-,21-/m0/s1. The molecule has 2 aromatic rings.